The molecule has 2 rings (SSSR count). The number of amides is 1. The summed E-state index contributed by atoms with van der Waals surface area (Å²) >= 11 is 0. The van der Waals surface area contributed by atoms with Crippen LogP contribution >= 0.6 is 0 Å². The number of aromatic nitrogens is 3. The average Bonchev–Trinajstić information content (AvgIpc) is 2.47. The van der Waals surface area contributed by atoms with Crippen LogP contribution in [-0.4, -0.2) is 20.3 Å². The first-order valence-electron chi connectivity index (χ1n) is 4.21. The van der Waals surface area contributed by atoms with E-state index in [1.54, 1.807) is 23.6 Å². The highest BCUT2D eigenvalue weighted by molar-refractivity contribution is 5.98. The topological polar surface area (TPSA) is 73.3 Å². The van der Waals surface area contributed by atoms with Crippen molar-refractivity contribution in [1.82, 2.24) is 14.4 Å². The second-order valence-corrected chi connectivity index (χ2v) is 3.11. The molecule has 0 aromatic carbocycles. The van der Waals surface area contributed by atoms with Gasteiger partial charge in [0.1, 0.15) is 11.6 Å². The summed E-state index contributed by atoms with van der Waals surface area (Å²) in [5, 5.41) is 0. The Bertz CT molecular complexity index is 515. The molecular formula is C9H10N4O. The first-order valence-corrected chi connectivity index (χ1v) is 4.21. The van der Waals surface area contributed by atoms with E-state index in [-0.39, 0.29) is 0 Å². The van der Waals surface area contributed by atoms with Crippen LogP contribution in [0.2, 0.25) is 0 Å². The highest BCUT2D eigenvalue weighted by Gasteiger charge is 2.10. The SMILES string of the molecule is Cc1nc(C)n2ccc(C(N)=O)c2n1. The lowest BCUT2D eigenvalue weighted by Gasteiger charge is -2.01. The van der Waals surface area contributed by atoms with Crippen LogP contribution < -0.4 is 5.73 Å². The van der Waals surface area contributed by atoms with Gasteiger partial charge in [-0.2, -0.15) is 0 Å². The number of primary amides is 1. The lowest BCUT2D eigenvalue weighted by atomic mass is 10.3. The number of hydrogen-bond acceptors (Lipinski definition) is 3. The maximum absolute atomic E-state index is 11.0. The lowest BCUT2D eigenvalue weighted by Crippen LogP contribution is -2.11. The minimum absolute atomic E-state index is 0.429. The molecule has 0 radical (unpaired) electrons. The van der Waals surface area contributed by atoms with E-state index in [4.69, 9.17) is 5.73 Å². The molecule has 2 aromatic heterocycles. The van der Waals surface area contributed by atoms with Crippen molar-refractivity contribution in [2.24, 2.45) is 5.73 Å². The first kappa shape index (κ1) is 8.68. The molecular weight excluding hydrogens is 180 g/mol. The highest BCUT2D eigenvalue weighted by atomic mass is 16.1. The molecule has 0 saturated carbocycles. The second kappa shape index (κ2) is 2.80. The summed E-state index contributed by atoms with van der Waals surface area (Å²) in [5.41, 5.74) is 6.21. The third-order valence-electron chi connectivity index (χ3n) is 2.06. The number of carbonyl (C=O) groups excluding carboxylic acids is 1. The van der Waals surface area contributed by atoms with Crippen LogP contribution in [0.5, 0.6) is 0 Å². The van der Waals surface area contributed by atoms with E-state index in [1.807, 2.05) is 6.92 Å². The Balaban J connectivity index is 2.85. The van der Waals surface area contributed by atoms with E-state index < -0.39 is 5.91 Å². The normalized spacial score (nSPS) is 10.7. The quantitative estimate of drug-likeness (QED) is 0.709. The molecule has 2 N–H and O–H groups in total. The molecule has 72 valence electrons. The predicted molar refractivity (Wildman–Crippen MR) is 51.0 cm³/mol. The Morgan fingerprint density at radius 2 is 2.14 bits per heavy atom. The van der Waals surface area contributed by atoms with Crippen molar-refractivity contribution in [3.05, 3.63) is 29.5 Å². The van der Waals surface area contributed by atoms with Crippen LogP contribution in [0.15, 0.2) is 12.3 Å². The molecule has 0 bridgehead atoms. The van der Waals surface area contributed by atoms with Gasteiger partial charge in [0, 0.05) is 6.20 Å². The molecule has 2 heterocycles. The fraction of sp³-hybridized carbons (Fsp3) is 0.222. The van der Waals surface area contributed by atoms with Gasteiger partial charge in [0.15, 0.2) is 5.65 Å². The summed E-state index contributed by atoms with van der Waals surface area (Å²) in [4.78, 5) is 19.4. The summed E-state index contributed by atoms with van der Waals surface area (Å²) in [6.45, 7) is 3.64. The second-order valence-electron chi connectivity index (χ2n) is 3.11. The van der Waals surface area contributed by atoms with Gasteiger partial charge in [-0.05, 0) is 19.9 Å². The monoisotopic (exact) mass is 190 g/mol. The van der Waals surface area contributed by atoms with Gasteiger partial charge in [0.2, 0.25) is 0 Å². The molecule has 0 unspecified atom stereocenters. The van der Waals surface area contributed by atoms with E-state index in [0.717, 1.165) is 5.82 Å². The van der Waals surface area contributed by atoms with E-state index in [2.05, 4.69) is 9.97 Å². The molecule has 0 aliphatic heterocycles. The zero-order chi connectivity index (χ0) is 10.3. The van der Waals surface area contributed by atoms with Gasteiger partial charge >= 0.3 is 0 Å². The third kappa shape index (κ3) is 1.14. The lowest BCUT2D eigenvalue weighted by molar-refractivity contribution is 0.100. The third-order valence-corrected chi connectivity index (χ3v) is 2.06. The van der Waals surface area contributed by atoms with E-state index in [9.17, 15) is 4.79 Å². The Morgan fingerprint density at radius 1 is 1.43 bits per heavy atom. The van der Waals surface area contributed by atoms with Crippen LogP contribution in [0, 0.1) is 13.8 Å². The number of nitrogens with zero attached hydrogens (tertiary/aromatic N) is 3. The van der Waals surface area contributed by atoms with Gasteiger partial charge in [0.25, 0.3) is 5.91 Å². The van der Waals surface area contributed by atoms with Crippen molar-refractivity contribution < 1.29 is 4.79 Å². The van der Waals surface area contributed by atoms with Crippen LogP contribution in [0.1, 0.15) is 22.0 Å². The Kier molecular flexibility index (Phi) is 1.73. The summed E-state index contributed by atoms with van der Waals surface area (Å²) < 4.78 is 1.74. The van der Waals surface area contributed by atoms with Gasteiger partial charge in [-0.25, -0.2) is 9.97 Å². The number of carbonyl (C=O) groups is 1. The molecule has 5 nitrogen and oxygen atoms in total. The van der Waals surface area contributed by atoms with Crippen LogP contribution in [0.3, 0.4) is 0 Å². The average molecular weight is 190 g/mol. The predicted octanol–water partition coefficient (Wildman–Crippen LogP) is 0.445. The zero-order valence-corrected chi connectivity index (χ0v) is 7.98. The number of aryl methyl sites for hydroxylation is 2. The van der Waals surface area contributed by atoms with Crippen molar-refractivity contribution in [2.75, 3.05) is 0 Å². The summed E-state index contributed by atoms with van der Waals surface area (Å²) in [6.07, 6.45) is 1.74. The van der Waals surface area contributed by atoms with Gasteiger partial charge < -0.3 is 5.73 Å². The van der Waals surface area contributed by atoms with Crippen LogP contribution in [0.4, 0.5) is 0 Å². The Labute approximate surface area is 80.6 Å². The maximum Gasteiger partial charge on any atom is 0.252 e. The maximum atomic E-state index is 11.0. The van der Waals surface area contributed by atoms with E-state index in [0.29, 0.717) is 17.0 Å². The highest BCUT2D eigenvalue weighted by Crippen LogP contribution is 2.11. The minimum atomic E-state index is -0.468. The molecule has 14 heavy (non-hydrogen) atoms. The summed E-state index contributed by atoms with van der Waals surface area (Å²) in [5.74, 6) is 0.959. The molecule has 0 saturated heterocycles. The smallest absolute Gasteiger partial charge is 0.252 e. The summed E-state index contributed by atoms with van der Waals surface area (Å²) in [7, 11) is 0. The minimum Gasteiger partial charge on any atom is -0.365 e. The van der Waals surface area contributed by atoms with Gasteiger partial charge in [-0.1, -0.05) is 0 Å². The van der Waals surface area contributed by atoms with Crippen molar-refractivity contribution in [3.63, 3.8) is 0 Å². The van der Waals surface area contributed by atoms with Gasteiger partial charge in [-0.3, -0.25) is 9.20 Å². The van der Waals surface area contributed by atoms with Gasteiger partial charge in [-0.15, -0.1) is 0 Å². The standard InChI is InChI=1S/C9H10N4O/c1-5-11-6(2)13-4-3-7(8(10)14)9(13)12-5/h3-4H,1-2H3,(H2,10,14). The molecule has 0 spiro atoms. The van der Waals surface area contributed by atoms with Gasteiger partial charge in [0.05, 0.1) is 5.56 Å². The van der Waals surface area contributed by atoms with Crippen molar-refractivity contribution in [1.29, 1.82) is 0 Å². The molecule has 0 aliphatic carbocycles. The van der Waals surface area contributed by atoms with Crippen LogP contribution in [-0.2, 0) is 0 Å². The largest absolute Gasteiger partial charge is 0.365 e. The van der Waals surface area contributed by atoms with Crippen molar-refractivity contribution >= 4 is 11.6 Å². The fourth-order valence-corrected chi connectivity index (χ4v) is 1.46. The van der Waals surface area contributed by atoms with Crippen molar-refractivity contribution in [2.45, 2.75) is 13.8 Å². The van der Waals surface area contributed by atoms with Crippen LogP contribution in [0.25, 0.3) is 5.65 Å². The molecule has 0 fully saturated rings. The molecule has 0 atom stereocenters. The van der Waals surface area contributed by atoms with E-state index >= 15 is 0 Å². The molecule has 5 heteroatoms. The first-order chi connectivity index (χ1) is 6.59. The fourth-order valence-electron chi connectivity index (χ4n) is 1.46. The number of hydrogen-bond donors (Lipinski definition) is 1. The van der Waals surface area contributed by atoms with Crippen molar-refractivity contribution in [3.8, 4) is 0 Å². The summed E-state index contributed by atoms with van der Waals surface area (Å²) in [6, 6.07) is 1.65. The van der Waals surface area contributed by atoms with E-state index in [1.165, 1.54) is 0 Å². The molecule has 0 aliphatic rings. The number of rotatable bonds is 1. The molecule has 1 amide bonds. The Morgan fingerprint density at radius 3 is 2.79 bits per heavy atom. The number of nitrogens with two attached hydrogens (primary N) is 1. The Hall–Kier alpha value is -1.91. The number of fused-ring (bicyclic) bond motifs is 1. The molecule has 2 aromatic rings. The zero-order valence-electron chi connectivity index (χ0n) is 7.98.